The van der Waals surface area contributed by atoms with Gasteiger partial charge in [0.1, 0.15) is 23.5 Å². The second-order valence-corrected chi connectivity index (χ2v) is 14.1. The molecule has 1 aromatic carbocycles. The molecule has 2 saturated heterocycles. The van der Waals surface area contributed by atoms with Crippen LogP contribution < -0.4 is 10.2 Å². The van der Waals surface area contributed by atoms with Gasteiger partial charge in [-0.25, -0.2) is 9.59 Å². The minimum absolute atomic E-state index is 0.0972. The number of hydrogen-bond acceptors (Lipinski definition) is 10. The van der Waals surface area contributed by atoms with Crippen molar-refractivity contribution in [1.82, 2.24) is 5.32 Å². The summed E-state index contributed by atoms with van der Waals surface area (Å²) in [4.78, 5) is 41.4. The number of benzene rings is 1. The number of anilines is 1. The van der Waals surface area contributed by atoms with E-state index in [9.17, 15) is 19.5 Å². The summed E-state index contributed by atoms with van der Waals surface area (Å²) in [5.74, 6) is -1.31. The van der Waals surface area contributed by atoms with E-state index in [4.69, 9.17) is 35.3 Å². The van der Waals surface area contributed by atoms with Crippen molar-refractivity contribution < 1.29 is 43.2 Å². The van der Waals surface area contributed by atoms with Crippen LogP contribution in [0.1, 0.15) is 58.6 Å². The van der Waals surface area contributed by atoms with Crippen LogP contribution in [0.2, 0.25) is 5.02 Å². The number of hydrogen-bond donors (Lipinski definition) is 3. The second kappa shape index (κ2) is 15.9. The minimum Gasteiger partial charge on any atom is -0.457 e. The van der Waals surface area contributed by atoms with Crippen molar-refractivity contribution in [2.75, 3.05) is 37.5 Å². The molecule has 2 amide bonds. The Labute approximate surface area is 293 Å². The molecule has 0 unspecified atom stereocenters. The van der Waals surface area contributed by atoms with Gasteiger partial charge in [-0.2, -0.15) is 12.6 Å². The van der Waals surface area contributed by atoms with Crippen LogP contribution in [0, 0.1) is 18.8 Å². The van der Waals surface area contributed by atoms with Gasteiger partial charge in [0, 0.05) is 31.1 Å². The van der Waals surface area contributed by atoms with Crippen molar-refractivity contribution in [3.8, 4) is 0 Å². The Morgan fingerprint density at radius 2 is 1.96 bits per heavy atom. The molecule has 3 aliphatic heterocycles. The molecule has 0 spiro atoms. The van der Waals surface area contributed by atoms with Crippen molar-refractivity contribution in [1.29, 1.82) is 0 Å². The standard InChI is InChI=1S/C35H49ClN2O9S/c1-20-9-8-10-22(3)35(42)19-27(45-33(41)37-35)23(4)31-34(6,47-31)28(46-32(40)24(5)44-12-11-43-13-14-48)18-29(39)38(7)26-17-25(15-20)16-21(2)30(26)36/h8-10,16-17,22-24,27-28,31,42,48H,11-15,18-19H2,1-7H3,(H,37,41)/b10-8+,20-9+/t22-,23-,24+,27+,28+,31+,34+,35+/m1/s1. The lowest BCUT2D eigenvalue weighted by atomic mass is 9.82. The van der Waals surface area contributed by atoms with Crippen LogP contribution in [0.5, 0.6) is 0 Å². The number of aryl methyl sites for hydroxylation is 1. The smallest absolute Gasteiger partial charge is 0.409 e. The molecule has 1 aromatic rings. The molecule has 8 atom stereocenters. The second-order valence-electron chi connectivity index (χ2n) is 13.3. The Kier molecular flexibility index (Phi) is 12.7. The van der Waals surface area contributed by atoms with E-state index in [0.717, 1.165) is 16.7 Å². The minimum atomic E-state index is -1.57. The fourth-order valence-corrected chi connectivity index (χ4v) is 6.67. The van der Waals surface area contributed by atoms with Gasteiger partial charge in [-0.05, 0) is 51.3 Å². The van der Waals surface area contributed by atoms with Gasteiger partial charge < -0.3 is 33.7 Å². The predicted molar refractivity (Wildman–Crippen MR) is 185 cm³/mol. The Hall–Kier alpha value is -2.61. The Morgan fingerprint density at radius 3 is 2.67 bits per heavy atom. The zero-order chi connectivity index (χ0) is 35.4. The summed E-state index contributed by atoms with van der Waals surface area (Å²) < 4.78 is 28.9. The third-order valence-corrected chi connectivity index (χ3v) is 10.2. The number of ether oxygens (including phenoxy) is 5. The average molecular weight is 709 g/mol. The van der Waals surface area contributed by atoms with Crippen molar-refractivity contribution in [2.24, 2.45) is 11.8 Å². The summed E-state index contributed by atoms with van der Waals surface area (Å²) in [5.41, 5.74) is 0.668. The van der Waals surface area contributed by atoms with Crippen LogP contribution in [0.25, 0.3) is 0 Å². The number of nitrogens with one attached hydrogen (secondary N) is 1. The normalized spacial score (nSPS) is 33.4. The summed E-state index contributed by atoms with van der Waals surface area (Å²) >= 11 is 10.8. The fourth-order valence-electron chi connectivity index (χ4n) is 6.30. The largest absolute Gasteiger partial charge is 0.457 e. The summed E-state index contributed by atoms with van der Waals surface area (Å²) in [5, 5.41) is 14.6. The molecule has 0 aromatic heterocycles. The lowest BCUT2D eigenvalue weighted by Crippen LogP contribution is -2.60. The highest BCUT2D eigenvalue weighted by Gasteiger charge is 2.64. The molecule has 0 aliphatic carbocycles. The molecule has 266 valence electrons. The molecule has 4 bridgehead atoms. The van der Waals surface area contributed by atoms with E-state index in [2.05, 4.69) is 17.9 Å². The first-order chi connectivity index (χ1) is 22.6. The number of carbonyl (C=O) groups is 3. The fraction of sp³-hybridized carbons (Fsp3) is 0.629. The molecule has 48 heavy (non-hydrogen) atoms. The third-order valence-electron chi connectivity index (χ3n) is 9.51. The number of thiol groups is 1. The van der Waals surface area contributed by atoms with Gasteiger partial charge in [0.15, 0.2) is 6.10 Å². The number of rotatable bonds is 8. The Balaban J connectivity index is 1.68. The van der Waals surface area contributed by atoms with Gasteiger partial charge in [-0.1, -0.05) is 55.3 Å². The van der Waals surface area contributed by atoms with Gasteiger partial charge in [-0.3, -0.25) is 10.1 Å². The number of epoxide rings is 1. The Morgan fingerprint density at radius 1 is 1.23 bits per heavy atom. The van der Waals surface area contributed by atoms with Crippen LogP contribution in [-0.4, -0.2) is 91.4 Å². The van der Waals surface area contributed by atoms with Crippen molar-refractivity contribution in [3.05, 3.63) is 52.1 Å². The van der Waals surface area contributed by atoms with E-state index < -0.39 is 59.6 Å². The van der Waals surface area contributed by atoms with Crippen molar-refractivity contribution in [3.63, 3.8) is 0 Å². The maximum atomic E-state index is 13.9. The van der Waals surface area contributed by atoms with Gasteiger partial charge in [0.25, 0.3) is 0 Å². The highest BCUT2D eigenvalue weighted by atomic mass is 35.5. The van der Waals surface area contributed by atoms with Crippen LogP contribution in [-0.2, 0) is 39.7 Å². The number of fused-ring (bicyclic) bond motifs is 5. The summed E-state index contributed by atoms with van der Waals surface area (Å²) in [6.45, 7) is 11.8. The van der Waals surface area contributed by atoms with Crippen LogP contribution in [0.3, 0.4) is 0 Å². The number of alkyl carbamates (subject to hydrolysis) is 1. The van der Waals surface area contributed by atoms with E-state index in [1.54, 1.807) is 20.9 Å². The molecular weight excluding hydrogens is 660 g/mol. The quantitative estimate of drug-likeness (QED) is 0.149. The first kappa shape index (κ1) is 38.2. The summed E-state index contributed by atoms with van der Waals surface area (Å²) in [7, 11) is 1.64. The molecule has 11 nitrogen and oxygen atoms in total. The molecule has 2 N–H and O–H groups in total. The highest BCUT2D eigenvalue weighted by Crippen LogP contribution is 2.49. The van der Waals surface area contributed by atoms with Crippen LogP contribution >= 0.6 is 24.2 Å². The Bertz CT molecular complexity index is 1420. The van der Waals surface area contributed by atoms with E-state index in [1.165, 1.54) is 4.90 Å². The number of halogens is 1. The molecule has 0 saturated carbocycles. The SMILES string of the molecule is C/C1=C\C=C\[C@@H](C)[C@@]2(O)C[C@H](OC(=O)N2)[C@@H](C)[C@@H]2O[C@@]2(C)[C@@H](OC(=O)[C@H](C)OCCOCCS)CC(=O)N(C)c2cc(cc(C)c2Cl)C1. The molecule has 4 rings (SSSR count). The summed E-state index contributed by atoms with van der Waals surface area (Å²) in [6.07, 6.45) is 2.16. The van der Waals surface area contributed by atoms with Crippen LogP contribution in [0.4, 0.5) is 10.5 Å². The molecular formula is C35H49ClN2O9S. The van der Waals surface area contributed by atoms with E-state index in [1.807, 2.05) is 58.1 Å². The number of aliphatic hydroxyl groups is 1. The molecule has 2 fully saturated rings. The first-order valence-electron chi connectivity index (χ1n) is 16.4. The number of esters is 1. The van der Waals surface area contributed by atoms with E-state index >= 15 is 0 Å². The van der Waals surface area contributed by atoms with Gasteiger partial charge >= 0.3 is 12.1 Å². The van der Waals surface area contributed by atoms with E-state index in [-0.39, 0.29) is 32.0 Å². The van der Waals surface area contributed by atoms with E-state index in [0.29, 0.717) is 29.5 Å². The number of nitrogens with zero attached hydrogens (tertiary/aromatic N) is 1. The number of amides is 2. The lowest BCUT2D eigenvalue weighted by molar-refractivity contribution is -0.166. The van der Waals surface area contributed by atoms with Gasteiger partial charge in [-0.15, -0.1) is 0 Å². The van der Waals surface area contributed by atoms with Crippen molar-refractivity contribution >= 4 is 47.9 Å². The number of carbonyl (C=O) groups excluding carboxylic acids is 3. The molecule has 13 heteroatoms. The first-order valence-corrected chi connectivity index (χ1v) is 17.4. The molecule has 3 heterocycles. The maximum absolute atomic E-state index is 13.9. The number of allylic oxidation sites excluding steroid dienone is 3. The zero-order valence-corrected chi connectivity index (χ0v) is 30.4. The topological polar surface area (TPSA) is 136 Å². The highest BCUT2D eigenvalue weighted by molar-refractivity contribution is 7.80. The molecule has 0 radical (unpaired) electrons. The third kappa shape index (κ3) is 8.94. The molecule has 3 aliphatic rings. The average Bonchev–Trinajstić information content (AvgIpc) is 3.72. The zero-order valence-electron chi connectivity index (χ0n) is 28.8. The maximum Gasteiger partial charge on any atom is 0.409 e. The lowest BCUT2D eigenvalue weighted by Gasteiger charge is -2.41. The predicted octanol–water partition coefficient (Wildman–Crippen LogP) is 4.94. The van der Waals surface area contributed by atoms with Crippen molar-refractivity contribution in [2.45, 2.75) is 96.5 Å². The van der Waals surface area contributed by atoms with Gasteiger partial charge in [0.05, 0.1) is 43.1 Å². The monoisotopic (exact) mass is 708 g/mol. The van der Waals surface area contributed by atoms with Crippen LogP contribution in [0.15, 0.2) is 35.9 Å². The summed E-state index contributed by atoms with van der Waals surface area (Å²) in [6, 6.07) is 3.87. The van der Waals surface area contributed by atoms with Gasteiger partial charge in [0.2, 0.25) is 5.91 Å².